The van der Waals surface area contributed by atoms with Gasteiger partial charge in [0.25, 0.3) is 0 Å². The van der Waals surface area contributed by atoms with Gasteiger partial charge in [0, 0.05) is 24.3 Å². The Labute approximate surface area is 186 Å². The van der Waals surface area contributed by atoms with Crippen LogP contribution < -0.4 is 16.4 Å². The van der Waals surface area contributed by atoms with Gasteiger partial charge in [-0.1, -0.05) is 18.5 Å². The summed E-state index contributed by atoms with van der Waals surface area (Å²) >= 11 is 6.19. The molecule has 4 N–H and O–H groups in total. The van der Waals surface area contributed by atoms with E-state index in [0.29, 0.717) is 28.4 Å². The predicted octanol–water partition coefficient (Wildman–Crippen LogP) is 4.80. The average Bonchev–Trinajstić information content (AvgIpc) is 3.35. The van der Waals surface area contributed by atoms with E-state index in [9.17, 15) is 4.39 Å². The zero-order valence-corrected chi connectivity index (χ0v) is 18.6. The van der Waals surface area contributed by atoms with Crippen LogP contribution in [0, 0.1) is 12.7 Å². The van der Waals surface area contributed by atoms with Crippen molar-refractivity contribution in [1.82, 2.24) is 14.9 Å². The lowest BCUT2D eigenvalue weighted by Gasteiger charge is -2.19. The Balaban J connectivity index is 1.69. The molecule has 8 heteroatoms. The summed E-state index contributed by atoms with van der Waals surface area (Å²) < 4.78 is 15.5. The first-order chi connectivity index (χ1) is 14.9. The van der Waals surface area contributed by atoms with Gasteiger partial charge in [0.15, 0.2) is 0 Å². The standard InChI is InChI=1S/C23H28ClFN6/c1-3-8-27-16-5-6-17(11-16)29-22-18(12-28-31-13-14(2)9-21(22)31)23(26)30-20-10-15(25)4-7-19(20)24/h4,7,9-10,12-13,16-17,27,29H,3,5-6,8,11H2,1-2H3,(H2,26,30). The number of hydrogen-bond acceptors (Lipinski definition) is 4. The lowest BCUT2D eigenvalue weighted by molar-refractivity contribution is 0.519. The molecule has 3 aromatic rings. The Morgan fingerprint density at radius 1 is 1.32 bits per heavy atom. The highest BCUT2D eigenvalue weighted by atomic mass is 35.5. The SMILES string of the molecule is CCCNC1CCC(Nc2c(/C(N)=N/c3cc(F)ccc3Cl)cnn3cc(C)cc23)C1. The molecule has 0 amide bonds. The van der Waals surface area contributed by atoms with Crippen LogP contribution in [0.1, 0.15) is 43.7 Å². The molecule has 0 spiro atoms. The molecule has 1 saturated carbocycles. The van der Waals surface area contributed by atoms with E-state index < -0.39 is 5.82 Å². The summed E-state index contributed by atoms with van der Waals surface area (Å²) in [5.41, 5.74) is 10.3. The predicted molar refractivity (Wildman–Crippen MR) is 125 cm³/mol. The van der Waals surface area contributed by atoms with Crippen molar-refractivity contribution in [2.45, 2.75) is 51.6 Å². The van der Waals surface area contributed by atoms with E-state index in [2.05, 4.69) is 33.7 Å². The molecule has 1 aliphatic rings. The molecule has 1 aromatic carbocycles. The summed E-state index contributed by atoms with van der Waals surface area (Å²) in [6.07, 6.45) is 8.05. The van der Waals surface area contributed by atoms with Crippen LogP contribution in [0.4, 0.5) is 15.8 Å². The summed E-state index contributed by atoms with van der Waals surface area (Å²) in [7, 11) is 0. The molecule has 2 aromatic heterocycles. The Bertz CT molecular complexity index is 1110. The first-order valence-electron chi connectivity index (χ1n) is 10.7. The normalized spacial score (nSPS) is 19.3. The molecule has 6 nitrogen and oxygen atoms in total. The summed E-state index contributed by atoms with van der Waals surface area (Å²) in [5.74, 6) is -0.177. The second-order valence-electron chi connectivity index (χ2n) is 8.18. The monoisotopic (exact) mass is 442 g/mol. The summed E-state index contributed by atoms with van der Waals surface area (Å²) in [6, 6.07) is 6.95. The van der Waals surface area contributed by atoms with Gasteiger partial charge in [-0.15, -0.1) is 0 Å². The highest BCUT2D eigenvalue weighted by Gasteiger charge is 2.26. The maximum Gasteiger partial charge on any atom is 0.135 e. The van der Waals surface area contributed by atoms with Crippen molar-refractivity contribution < 1.29 is 4.39 Å². The summed E-state index contributed by atoms with van der Waals surface area (Å²) in [6.45, 7) is 5.25. The lowest BCUT2D eigenvalue weighted by atomic mass is 10.1. The van der Waals surface area contributed by atoms with Gasteiger partial charge in [-0.25, -0.2) is 13.9 Å². The molecule has 2 atom stereocenters. The van der Waals surface area contributed by atoms with Crippen LogP contribution in [0.25, 0.3) is 5.52 Å². The molecule has 31 heavy (non-hydrogen) atoms. The summed E-state index contributed by atoms with van der Waals surface area (Å²) in [4.78, 5) is 4.41. The first-order valence-corrected chi connectivity index (χ1v) is 11.1. The number of aryl methyl sites for hydroxylation is 1. The zero-order valence-electron chi connectivity index (χ0n) is 17.8. The van der Waals surface area contributed by atoms with E-state index in [1.165, 1.54) is 18.2 Å². The Kier molecular flexibility index (Phi) is 6.43. The van der Waals surface area contributed by atoms with E-state index in [4.69, 9.17) is 17.3 Å². The first kappa shape index (κ1) is 21.6. The minimum absolute atomic E-state index is 0.238. The maximum atomic E-state index is 13.7. The molecule has 0 saturated heterocycles. The van der Waals surface area contributed by atoms with E-state index in [1.807, 2.05) is 17.6 Å². The molecular formula is C23H28ClFN6. The number of benzene rings is 1. The van der Waals surface area contributed by atoms with Crippen molar-refractivity contribution >= 4 is 34.3 Å². The number of nitrogens with two attached hydrogens (primary N) is 1. The molecule has 2 heterocycles. The largest absolute Gasteiger partial charge is 0.383 e. The number of nitrogens with zero attached hydrogens (tertiary/aromatic N) is 3. The Hall–Kier alpha value is -2.64. The number of nitrogens with one attached hydrogen (secondary N) is 2. The lowest BCUT2D eigenvalue weighted by Crippen LogP contribution is -2.29. The van der Waals surface area contributed by atoms with Crippen LogP contribution in [0.15, 0.2) is 41.7 Å². The molecular weight excluding hydrogens is 415 g/mol. The molecule has 1 fully saturated rings. The van der Waals surface area contributed by atoms with E-state index in [-0.39, 0.29) is 5.84 Å². The zero-order chi connectivity index (χ0) is 22.0. The number of hydrogen-bond donors (Lipinski definition) is 3. The van der Waals surface area contributed by atoms with Crippen LogP contribution >= 0.6 is 11.6 Å². The number of fused-ring (bicyclic) bond motifs is 1. The second-order valence-corrected chi connectivity index (χ2v) is 8.59. The average molecular weight is 443 g/mol. The third-order valence-corrected chi connectivity index (χ3v) is 5.98. The van der Waals surface area contributed by atoms with Crippen molar-refractivity contribution in [1.29, 1.82) is 0 Å². The number of halogens is 2. The van der Waals surface area contributed by atoms with Crippen molar-refractivity contribution in [3.8, 4) is 0 Å². The van der Waals surface area contributed by atoms with E-state index >= 15 is 0 Å². The van der Waals surface area contributed by atoms with E-state index in [1.54, 1.807) is 6.20 Å². The molecule has 1 aliphatic carbocycles. The smallest absolute Gasteiger partial charge is 0.135 e. The van der Waals surface area contributed by atoms with Crippen molar-refractivity contribution in [3.63, 3.8) is 0 Å². The molecule has 164 valence electrons. The number of amidine groups is 1. The number of aromatic nitrogens is 2. The number of rotatable bonds is 7. The third-order valence-electron chi connectivity index (χ3n) is 5.66. The fourth-order valence-corrected chi connectivity index (χ4v) is 4.30. The minimum Gasteiger partial charge on any atom is -0.383 e. The molecule has 0 radical (unpaired) electrons. The van der Waals surface area contributed by atoms with Gasteiger partial charge in [-0.3, -0.25) is 0 Å². The van der Waals surface area contributed by atoms with Crippen LogP contribution in [0.3, 0.4) is 0 Å². The van der Waals surface area contributed by atoms with Crippen molar-refractivity contribution in [2.75, 3.05) is 11.9 Å². The number of anilines is 1. The van der Waals surface area contributed by atoms with E-state index in [0.717, 1.165) is 49.0 Å². The Morgan fingerprint density at radius 2 is 2.13 bits per heavy atom. The molecule has 4 rings (SSSR count). The van der Waals surface area contributed by atoms with Gasteiger partial charge in [0.2, 0.25) is 0 Å². The van der Waals surface area contributed by atoms with Crippen molar-refractivity contribution in [3.05, 3.63) is 58.6 Å². The van der Waals surface area contributed by atoms with Crippen molar-refractivity contribution in [2.24, 2.45) is 10.7 Å². The van der Waals surface area contributed by atoms with Gasteiger partial charge in [0.05, 0.1) is 33.7 Å². The molecule has 2 unspecified atom stereocenters. The van der Waals surface area contributed by atoms with Crippen LogP contribution in [0.2, 0.25) is 5.02 Å². The van der Waals surface area contributed by atoms with Crippen LogP contribution in [0.5, 0.6) is 0 Å². The summed E-state index contributed by atoms with van der Waals surface area (Å²) in [5, 5.41) is 12.1. The quantitative estimate of drug-likeness (QED) is 0.362. The number of aliphatic imine (C=N–C) groups is 1. The van der Waals surface area contributed by atoms with Crippen LogP contribution in [-0.4, -0.2) is 34.1 Å². The topological polar surface area (TPSA) is 79.7 Å². The minimum atomic E-state index is -0.415. The fraction of sp³-hybridized carbons (Fsp3) is 0.391. The second kappa shape index (κ2) is 9.24. The molecule has 0 aliphatic heterocycles. The van der Waals surface area contributed by atoms with Gasteiger partial charge in [0.1, 0.15) is 11.7 Å². The molecule has 0 bridgehead atoms. The highest BCUT2D eigenvalue weighted by molar-refractivity contribution is 6.33. The van der Waals surface area contributed by atoms with Gasteiger partial charge in [-0.2, -0.15) is 5.10 Å². The van der Waals surface area contributed by atoms with Crippen LogP contribution in [-0.2, 0) is 0 Å². The third kappa shape index (κ3) is 4.83. The van der Waals surface area contributed by atoms with Gasteiger partial charge in [-0.05, 0) is 62.9 Å². The van der Waals surface area contributed by atoms with Gasteiger partial charge >= 0.3 is 0 Å². The maximum absolute atomic E-state index is 13.7. The van der Waals surface area contributed by atoms with Gasteiger partial charge < -0.3 is 16.4 Å². The highest BCUT2D eigenvalue weighted by Crippen LogP contribution is 2.31. The fourth-order valence-electron chi connectivity index (χ4n) is 4.14. The Morgan fingerprint density at radius 3 is 2.94 bits per heavy atom.